The third-order valence-electron chi connectivity index (χ3n) is 2.57. The average Bonchev–Trinajstić information content (AvgIpc) is 2.47. The molecule has 0 aromatic carbocycles. The lowest BCUT2D eigenvalue weighted by molar-refractivity contribution is 0.210. The smallest absolute Gasteiger partial charge is 0.0464 e. The summed E-state index contributed by atoms with van der Waals surface area (Å²) in [4.78, 5) is 0. The van der Waals surface area contributed by atoms with Crippen LogP contribution >= 0.6 is 0 Å². The highest BCUT2D eigenvalue weighted by Crippen LogP contribution is 2.32. The van der Waals surface area contributed by atoms with E-state index in [1.165, 1.54) is 19.3 Å². The maximum atomic E-state index is 9.00. The molecule has 0 spiro atoms. The van der Waals surface area contributed by atoms with Gasteiger partial charge in [-0.2, -0.15) is 0 Å². The third-order valence-corrected chi connectivity index (χ3v) is 2.57. The van der Waals surface area contributed by atoms with E-state index < -0.39 is 0 Å². The Morgan fingerprint density at radius 3 is 2.91 bits per heavy atom. The summed E-state index contributed by atoms with van der Waals surface area (Å²) in [6.07, 6.45) is 9.42. The molecule has 1 N–H and O–H groups in total. The quantitative estimate of drug-likeness (QED) is 0.619. The molecule has 64 valence electrons. The van der Waals surface area contributed by atoms with Crippen molar-refractivity contribution in [1.29, 1.82) is 0 Å². The van der Waals surface area contributed by atoms with Crippen molar-refractivity contribution >= 4 is 0 Å². The number of allylic oxidation sites excluding steroid dienone is 2. The van der Waals surface area contributed by atoms with Gasteiger partial charge in [0, 0.05) is 6.61 Å². The van der Waals surface area contributed by atoms with Gasteiger partial charge in [0.25, 0.3) is 0 Å². The monoisotopic (exact) mass is 154 g/mol. The predicted octanol–water partition coefficient (Wildman–Crippen LogP) is 2.36. The molecule has 11 heavy (non-hydrogen) atoms. The lowest BCUT2D eigenvalue weighted by atomic mass is 9.96. The van der Waals surface area contributed by atoms with E-state index in [1.54, 1.807) is 0 Å². The van der Waals surface area contributed by atoms with Gasteiger partial charge in [-0.3, -0.25) is 0 Å². The SMILES string of the molecule is CC/C=C\C1CCCC1CO. The largest absolute Gasteiger partial charge is 0.396 e. The first-order valence-corrected chi connectivity index (χ1v) is 4.66. The zero-order valence-corrected chi connectivity index (χ0v) is 7.29. The summed E-state index contributed by atoms with van der Waals surface area (Å²) in [6.45, 7) is 2.53. The van der Waals surface area contributed by atoms with Crippen LogP contribution in [-0.2, 0) is 0 Å². The Morgan fingerprint density at radius 1 is 1.45 bits per heavy atom. The summed E-state index contributed by atoms with van der Waals surface area (Å²) < 4.78 is 0. The van der Waals surface area contributed by atoms with E-state index in [9.17, 15) is 0 Å². The average molecular weight is 154 g/mol. The van der Waals surface area contributed by atoms with Crippen molar-refractivity contribution in [1.82, 2.24) is 0 Å². The van der Waals surface area contributed by atoms with E-state index in [2.05, 4.69) is 19.1 Å². The molecule has 0 amide bonds. The van der Waals surface area contributed by atoms with Gasteiger partial charge >= 0.3 is 0 Å². The second-order valence-corrected chi connectivity index (χ2v) is 3.37. The molecule has 0 radical (unpaired) electrons. The molecular formula is C10H18O. The lowest BCUT2D eigenvalue weighted by Crippen LogP contribution is -2.09. The van der Waals surface area contributed by atoms with Crippen LogP contribution in [0.5, 0.6) is 0 Å². The van der Waals surface area contributed by atoms with Gasteiger partial charge in [0.15, 0.2) is 0 Å². The number of hydrogen-bond donors (Lipinski definition) is 1. The highest BCUT2D eigenvalue weighted by atomic mass is 16.3. The summed E-state index contributed by atoms with van der Waals surface area (Å²) in [5.74, 6) is 1.22. The minimum absolute atomic E-state index is 0.374. The summed E-state index contributed by atoms with van der Waals surface area (Å²) >= 11 is 0. The Bertz CT molecular complexity index is 129. The topological polar surface area (TPSA) is 20.2 Å². The molecule has 0 heterocycles. The Morgan fingerprint density at radius 2 is 2.27 bits per heavy atom. The fourth-order valence-corrected chi connectivity index (χ4v) is 1.86. The molecule has 1 aliphatic carbocycles. The highest BCUT2D eigenvalue weighted by molar-refractivity contribution is 4.94. The maximum Gasteiger partial charge on any atom is 0.0464 e. The first-order valence-electron chi connectivity index (χ1n) is 4.66. The van der Waals surface area contributed by atoms with Crippen molar-refractivity contribution in [2.45, 2.75) is 32.6 Å². The number of rotatable bonds is 3. The van der Waals surface area contributed by atoms with Gasteiger partial charge in [-0.25, -0.2) is 0 Å². The van der Waals surface area contributed by atoms with E-state index in [0.717, 1.165) is 6.42 Å². The van der Waals surface area contributed by atoms with Crippen LogP contribution in [0.15, 0.2) is 12.2 Å². The molecule has 1 saturated carbocycles. The van der Waals surface area contributed by atoms with Gasteiger partial charge < -0.3 is 5.11 Å². The fourth-order valence-electron chi connectivity index (χ4n) is 1.86. The molecule has 2 unspecified atom stereocenters. The van der Waals surface area contributed by atoms with Crippen molar-refractivity contribution in [2.75, 3.05) is 6.61 Å². The van der Waals surface area contributed by atoms with Crippen LogP contribution in [0.1, 0.15) is 32.6 Å². The number of aliphatic hydroxyl groups excluding tert-OH is 1. The molecule has 0 aromatic rings. The molecule has 1 nitrogen and oxygen atoms in total. The second kappa shape index (κ2) is 4.55. The van der Waals surface area contributed by atoms with E-state index in [4.69, 9.17) is 5.11 Å². The number of hydrogen-bond acceptors (Lipinski definition) is 1. The molecule has 0 aromatic heterocycles. The minimum atomic E-state index is 0.374. The van der Waals surface area contributed by atoms with Crippen molar-refractivity contribution in [3.8, 4) is 0 Å². The Balaban J connectivity index is 2.37. The van der Waals surface area contributed by atoms with Gasteiger partial charge in [-0.15, -0.1) is 0 Å². The molecule has 0 bridgehead atoms. The van der Waals surface area contributed by atoms with E-state index in [1.807, 2.05) is 0 Å². The van der Waals surface area contributed by atoms with E-state index in [0.29, 0.717) is 18.4 Å². The lowest BCUT2D eigenvalue weighted by Gasteiger charge is -2.11. The van der Waals surface area contributed by atoms with Crippen molar-refractivity contribution < 1.29 is 5.11 Å². The van der Waals surface area contributed by atoms with Crippen LogP contribution < -0.4 is 0 Å². The molecule has 1 heteroatoms. The van der Waals surface area contributed by atoms with Crippen molar-refractivity contribution in [3.63, 3.8) is 0 Å². The standard InChI is InChI=1S/C10H18O/c1-2-3-5-9-6-4-7-10(9)8-11/h3,5,9-11H,2,4,6-8H2,1H3/b5-3-. The normalized spacial score (nSPS) is 31.8. The summed E-state index contributed by atoms with van der Waals surface area (Å²) in [7, 11) is 0. The first kappa shape index (κ1) is 8.79. The van der Waals surface area contributed by atoms with Crippen molar-refractivity contribution in [3.05, 3.63) is 12.2 Å². The second-order valence-electron chi connectivity index (χ2n) is 3.37. The van der Waals surface area contributed by atoms with Gasteiger partial charge in [0.1, 0.15) is 0 Å². The van der Waals surface area contributed by atoms with E-state index >= 15 is 0 Å². The van der Waals surface area contributed by atoms with Crippen LogP contribution in [0.3, 0.4) is 0 Å². The molecule has 0 saturated heterocycles. The fraction of sp³-hybridized carbons (Fsp3) is 0.800. The molecular weight excluding hydrogens is 136 g/mol. The van der Waals surface area contributed by atoms with Crippen LogP contribution in [0.4, 0.5) is 0 Å². The molecule has 2 atom stereocenters. The Hall–Kier alpha value is -0.300. The van der Waals surface area contributed by atoms with Crippen LogP contribution in [0.25, 0.3) is 0 Å². The Kier molecular flexibility index (Phi) is 3.64. The van der Waals surface area contributed by atoms with Gasteiger partial charge in [0.05, 0.1) is 0 Å². The first-order chi connectivity index (χ1) is 5.38. The minimum Gasteiger partial charge on any atom is -0.396 e. The maximum absolute atomic E-state index is 9.00. The van der Waals surface area contributed by atoms with Crippen LogP contribution in [0.2, 0.25) is 0 Å². The summed E-state index contributed by atoms with van der Waals surface area (Å²) in [6, 6.07) is 0. The zero-order chi connectivity index (χ0) is 8.10. The third kappa shape index (κ3) is 2.33. The van der Waals surface area contributed by atoms with Gasteiger partial charge in [-0.1, -0.05) is 25.5 Å². The van der Waals surface area contributed by atoms with Crippen LogP contribution in [0, 0.1) is 11.8 Å². The van der Waals surface area contributed by atoms with Gasteiger partial charge in [-0.05, 0) is 31.1 Å². The van der Waals surface area contributed by atoms with Crippen LogP contribution in [-0.4, -0.2) is 11.7 Å². The summed E-state index contributed by atoms with van der Waals surface area (Å²) in [5, 5.41) is 9.00. The predicted molar refractivity (Wildman–Crippen MR) is 47.3 cm³/mol. The Labute approximate surface area is 69.1 Å². The number of aliphatic hydroxyl groups is 1. The molecule has 1 aliphatic rings. The van der Waals surface area contributed by atoms with E-state index in [-0.39, 0.29) is 0 Å². The highest BCUT2D eigenvalue weighted by Gasteiger charge is 2.23. The van der Waals surface area contributed by atoms with Crippen molar-refractivity contribution in [2.24, 2.45) is 11.8 Å². The molecule has 0 aliphatic heterocycles. The molecule has 1 fully saturated rings. The molecule has 1 rings (SSSR count). The summed E-state index contributed by atoms with van der Waals surface area (Å²) in [5.41, 5.74) is 0. The van der Waals surface area contributed by atoms with Gasteiger partial charge in [0.2, 0.25) is 0 Å². The zero-order valence-electron chi connectivity index (χ0n) is 7.29.